The van der Waals surface area contributed by atoms with Crippen LogP contribution in [0.15, 0.2) is 18.2 Å². The molecule has 1 aromatic carbocycles. The molecule has 3 heteroatoms. The fourth-order valence-corrected chi connectivity index (χ4v) is 4.12. The number of amides is 1. The minimum absolute atomic E-state index is 0.00249. The third-order valence-electron chi connectivity index (χ3n) is 5.41. The number of para-hydroxylation sites is 1. The van der Waals surface area contributed by atoms with Crippen LogP contribution in [0.2, 0.25) is 0 Å². The molecule has 1 aromatic rings. The summed E-state index contributed by atoms with van der Waals surface area (Å²) in [6, 6.07) is 6.14. The summed E-state index contributed by atoms with van der Waals surface area (Å²) in [5.41, 5.74) is 3.26. The standard InChI is InChI=1S/C19H25NO2/c1-3-13-7-4-6-12(2)17(13)20-19(22)16-10-14-8-5-9-15(11-16)18(14)21/h4,6-7,14-16H,3,5,8-11H2,1-2H3,(H,20,22)/t14-,15-/m0/s1. The molecule has 2 saturated carbocycles. The Kier molecular flexibility index (Phi) is 4.32. The number of nitrogens with one attached hydrogen (secondary N) is 1. The molecule has 0 spiro atoms. The Morgan fingerprint density at radius 2 is 1.91 bits per heavy atom. The smallest absolute Gasteiger partial charge is 0.227 e. The SMILES string of the molecule is CCc1cccc(C)c1NC(=O)C1C[C@@H]2CCC[C@@H](C1)C2=O. The van der Waals surface area contributed by atoms with E-state index in [1.165, 1.54) is 5.56 Å². The Labute approximate surface area is 132 Å². The van der Waals surface area contributed by atoms with Crippen LogP contribution < -0.4 is 5.32 Å². The highest BCUT2D eigenvalue weighted by Gasteiger charge is 2.41. The average Bonchev–Trinajstić information content (AvgIpc) is 2.48. The van der Waals surface area contributed by atoms with E-state index in [9.17, 15) is 9.59 Å². The number of rotatable bonds is 3. The summed E-state index contributed by atoms with van der Waals surface area (Å²) in [4.78, 5) is 24.9. The van der Waals surface area contributed by atoms with Gasteiger partial charge in [-0.15, -0.1) is 0 Å². The largest absolute Gasteiger partial charge is 0.325 e. The van der Waals surface area contributed by atoms with E-state index in [0.29, 0.717) is 5.78 Å². The summed E-state index contributed by atoms with van der Waals surface area (Å²) in [5, 5.41) is 3.15. The lowest BCUT2D eigenvalue weighted by atomic mass is 9.67. The second-order valence-corrected chi connectivity index (χ2v) is 6.85. The van der Waals surface area contributed by atoms with Gasteiger partial charge in [-0.05, 0) is 50.2 Å². The topological polar surface area (TPSA) is 46.2 Å². The van der Waals surface area contributed by atoms with Gasteiger partial charge < -0.3 is 5.32 Å². The molecule has 118 valence electrons. The van der Waals surface area contributed by atoms with Gasteiger partial charge in [0.25, 0.3) is 0 Å². The van der Waals surface area contributed by atoms with Crippen LogP contribution in [0, 0.1) is 24.7 Å². The molecule has 3 nitrogen and oxygen atoms in total. The van der Waals surface area contributed by atoms with Gasteiger partial charge in [-0.2, -0.15) is 0 Å². The van der Waals surface area contributed by atoms with Crippen molar-refractivity contribution in [2.75, 3.05) is 5.32 Å². The predicted molar refractivity (Wildman–Crippen MR) is 87.7 cm³/mol. The number of hydrogen-bond donors (Lipinski definition) is 1. The molecule has 0 radical (unpaired) electrons. The molecule has 2 aliphatic rings. The maximum absolute atomic E-state index is 12.7. The number of Topliss-reactive ketones (excluding diaryl/α,β-unsaturated/α-hetero) is 1. The second-order valence-electron chi connectivity index (χ2n) is 6.85. The third kappa shape index (κ3) is 2.81. The molecular weight excluding hydrogens is 274 g/mol. The normalized spacial score (nSPS) is 27.5. The predicted octanol–water partition coefficient (Wildman–Crippen LogP) is 3.89. The van der Waals surface area contributed by atoms with Gasteiger partial charge in [0.1, 0.15) is 5.78 Å². The van der Waals surface area contributed by atoms with Crippen LogP contribution in [0.5, 0.6) is 0 Å². The lowest BCUT2D eigenvalue weighted by Gasteiger charge is -2.37. The molecule has 22 heavy (non-hydrogen) atoms. The maximum atomic E-state index is 12.7. The first-order valence-corrected chi connectivity index (χ1v) is 8.53. The minimum Gasteiger partial charge on any atom is -0.325 e. The molecule has 2 aliphatic carbocycles. The Morgan fingerprint density at radius 3 is 2.55 bits per heavy atom. The average molecular weight is 299 g/mol. The first kappa shape index (κ1) is 15.3. The molecule has 3 rings (SSSR count). The zero-order valence-corrected chi connectivity index (χ0v) is 13.5. The Hall–Kier alpha value is -1.64. The number of anilines is 1. The van der Waals surface area contributed by atoms with Gasteiger partial charge in [0.15, 0.2) is 0 Å². The van der Waals surface area contributed by atoms with Gasteiger partial charge in [-0.25, -0.2) is 0 Å². The first-order valence-electron chi connectivity index (χ1n) is 8.53. The molecule has 1 amide bonds. The van der Waals surface area contributed by atoms with Crippen molar-refractivity contribution >= 4 is 17.4 Å². The molecule has 0 unspecified atom stereocenters. The summed E-state index contributed by atoms with van der Waals surface area (Å²) in [7, 11) is 0. The van der Waals surface area contributed by atoms with E-state index in [4.69, 9.17) is 0 Å². The van der Waals surface area contributed by atoms with E-state index in [1.54, 1.807) is 0 Å². The first-order chi connectivity index (χ1) is 10.6. The molecule has 0 aliphatic heterocycles. The highest BCUT2D eigenvalue weighted by molar-refractivity contribution is 5.96. The van der Waals surface area contributed by atoms with Crippen molar-refractivity contribution in [2.45, 2.75) is 52.4 Å². The summed E-state index contributed by atoms with van der Waals surface area (Å²) < 4.78 is 0. The van der Waals surface area contributed by atoms with Crippen molar-refractivity contribution in [3.05, 3.63) is 29.3 Å². The number of ketones is 1. The Morgan fingerprint density at radius 1 is 1.23 bits per heavy atom. The molecule has 0 heterocycles. The summed E-state index contributed by atoms with van der Waals surface area (Å²) in [5.74, 6) is 0.780. The van der Waals surface area contributed by atoms with Crippen LogP contribution in [0.3, 0.4) is 0 Å². The van der Waals surface area contributed by atoms with Crippen LogP contribution in [-0.4, -0.2) is 11.7 Å². The highest BCUT2D eigenvalue weighted by atomic mass is 16.2. The van der Waals surface area contributed by atoms with Gasteiger partial charge in [0.05, 0.1) is 0 Å². The highest BCUT2D eigenvalue weighted by Crippen LogP contribution is 2.40. The zero-order valence-electron chi connectivity index (χ0n) is 13.5. The number of aryl methyl sites for hydroxylation is 2. The summed E-state index contributed by atoms with van der Waals surface area (Å²) in [6.07, 6.45) is 5.50. The molecular formula is C19H25NO2. The van der Waals surface area contributed by atoms with Crippen LogP contribution in [-0.2, 0) is 16.0 Å². The van der Waals surface area contributed by atoms with E-state index >= 15 is 0 Å². The van der Waals surface area contributed by atoms with Crippen molar-refractivity contribution in [3.8, 4) is 0 Å². The quantitative estimate of drug-likeness (QED) is 0.920. The fourth-order valence-electron chi connectivity index (χ4n) is 4.12. The lowest BCUT2D eigenvalue weighted by molar-refractivity contribution is -0.136. The Balaban J connectivity index is 1.74. The zero-order chi connectivity index (χ0) is 15.7. The van der Waals surface area contributed by atoms with Crippen LogP contribution >= 0.6 is 0 Å². The number of fused-ring (bicyclic) bond motifs is 2. The monoisotopic (exact) mass is 299 g/mol. The number of benzene rings is 1. The molecule has 2 bridgehead atoms. The fraction of sp³-hybridized carbons (Fsp3) is 0.579. The van der Waals surface area contributed by atoms with Crippen molar-refractivity contribution in [1.29, 1.82) is 0 Å². The lowest BCUT2D eigenvalue weighted by Crippen LogP contribution is -2.40. The molecule has 0 aromatic heterocycles. The van der Waals surface area contributed by atoms with Crippen molar-refractivity contribution in [3.63, 3.8) is 0 Å². The molecule has 2 atom stereocenters. The van der Waals surface area contributed by atoms with E-state index in [1.807, 2.05) is 19.1 Å². The molecule has 1 N–H and O–H groups in total. The van der Waals surface area contributed by atoms with Crippen molar-refractivity contribution in [1.82, 2.24) is 0 Å². The van der Waals surface area contributed by atoms with Gasteiger partial charge >= 0.3 is 0 Å². The molecule has 2 fully saturated rings. The van der Waals surface area contributed by atoms with E-state index in [2.05, 4.69) is 18.3 Å². The number of carbonyl (C=O) groups is 2. The van der Waals surface area contributed by atoms with Crippen LogP contribution in [0.25, 0.3) is 0 Å². The van der Waals surface area contributed by atoms with Gasteiger partial charge in [-0.1, -0.05) is 31.5 Å². The van der Waals surface area contributed by atoms with E-state index in [0.717, 1.165) is 49.8 Å². The third-order valence-corrected chi connectivity index (χ3v) is 5.41. The van der Waals surface area contributed by atoms with E-state index < -0.39 is 0 Å². The van der Waals surface area contributed by atoms with Crippen molar-refractivity contribution < 1.29 is 9.59 Å². The maximum Gasteiger partial charge on any atom is 0.227 e. The number of hydrogen-bond acceptors (Lipinski definition) is 2. The van der Waals surface area contributed by atoms with Gasteiger partial charge in [-0.3, -0.25) is 9.59 Å². The summed E-state index contributed by atoms with van der Waals surface area (Å²) >= 11 is 0. The van der Waals surface area contributed by atoms with Crippen molar-refractivity contribution in [2.24, 2.45) is 17.8 Å². The van der Waals surface area contributed by atoms with Gasteiger partial charge in [0, 0.05) is 23.4 Å². The van der Waals surface area contributed by atoms with E-state index in [-0.39, 0.29) is 23.7 Å². The minimum atomic E-state index is -0.00249. The Bertz CT molecular complexity index is 577. The second kappa shape index (κ2) is 6.23. The van der Waals surface area contributed by atoms with Crippen LogP contribution in [0.1, 0.15) is 50.2 Å². The van der Waals surface area contributed by atoms with Crippen LogP contribution in [0.4, 0.5) is 5.69 Å². The molecule has 0 saturated heterocycles. The van der Waals surface area contributed by atoms with Gasteiger partial charge in [0.2, 0.25) is 5.91 Å². The number of carbonyl (C=O) groups excluding carboxylic acids is 2. The summed E-state index contributed by atoms with van der Waals surface area (Å²) in [6.45, 7) is 4.14.